The molecule has 1 saturated heterocycles. The van der Waals surface area contributed by atoms with Gasteiger partial charge >= 0.3 is 0 Å². The predicted molar refractivity (Wildman–Crippen MR) is 133 cm³/mol. The van der Waals surface area contributed by atoms with E-state index in [1.165, 1.54) is 0 Å². The van der Waals surface area contributed by atoms with E-state index in [9.17, 15) is 5.11 Å². The van der Waals surface area contributed by atoms with Crippen LogP contribution in [-0.4, -0.2) is 74.0 Å². The molecular weight excluding hydrogens is 495 g/mol. The molecule has 0 aliphatic carbocycles. The minimum atomic E-state index is -0.715. The van der Waals surface area contributed by atoms with Gasteiger partial charge in [-0.3, -0.25) is 9.89 Å². The molecule has 0 unspecified atom stereocenters. The van der Waals surface area contributed by atoms with Crippen LogP contribution in [0.1, 0.15) is 51.7 Å². The molecule has 1 aromatic rings. The van der Waals surface area contributed by atoms with E-state index in [1.54, 1.807) is 6.26 Å². The summed E-state index contributed by atoms with van der Waals surface area (Å²) in [5.41, 5.74) is -0.715. The third kappa shape index (κ3) is 11.0. The Hall–Kier alpha value is -0.840. The van der Waals surface area contributed by atoms with Crippen molar-refractivity contribution in [3.05, 3.63) is 24.2 Å². The second kappa shape index (κ2) is 15.9. The van der Waals surface area contributed by atoms with E-state index in [2.05, 4.69) is 29.4 Å². The number of aliphatic imine (C=N–C) groups is 1. The molecule has 7 nitrogen and oxygen atoms in total. The SMILES string of the molecule is CCCC(O)(CCC)CN=C(NCCCN1CCOCC1)NCCc1ccco1.I. The van der Waals surface area contributed by atoms with Crippen LogP contribution in [0.15, 0.2) is 27.8 Å². The molecule has 0 atom stereocenters. The van der Waals surface area contributed by atoms with Gasteiger partial charge in [-0.15, -0.1) is 24.0 Å². The second-order valence-electron chi connectivity index (χ2n) is 7.88. The lowest BCUT2D eigenvalue weighted by Crippen LogP contribution is -2.42. The first-order valence-electron chi connectivity index (χ1n) is 11.2. The Kier molecular flexibility index (Phi) is 14.4. The molecule has 1 aromatic heterocycles. The topological polar surface area (TPSA) is 82.3 Å². The minimum Gasteiger partial charge on any atom is -0.469 e. The quantitative estimate of drug-likeness (QED) is 0.156. The van der Waals surface area contributed by atoms with Crippen molar-refractivity contribution in [3.63, 3.8) is 0 Å². The number of rotatable bonds is 13. The summed E-state index contributed by atoms with van der Waals surface area (Å²) in [6.45, 7) is 11.0. The Morgan fingerprint density at radius 2 is 1.87 bits per heavy atom. The number of aliphatic hydroxyl groups is 1. The van der Waals surface area contributed by atoms with Gasteiger partial charge in [0.15, 0.2) is 5.96 Å². The van der Waals surface area contributed by atoms with Gasteiger partial charge in [-0.05, 0) is 37.9 Å². The van der Waals surface area contributed by atoms with E-state index < -0.39 is 5.60 Å². The van der Waals surface area contributed by atoms with Crippen LogP contribution >= 0.6 is 24.0 Å². The van der Waals surface area contributed by atoms with E-state index >= 15 is 0 Å². The first-order valence-corrected chi connectivity index (χ1v) is 11.2. The number of nitrogens with one attached hydrogen (secondary N) is 2. The third-order valence-corrected chi connectivity index (χ3v) is 5.25. The van der Waals surface area contributed by atoms with Gasteiger partial charge in [0, 0.05) is 32.6 Å². The smallest absolute Gasteiger partial charge is 0.191 e. The number of hydrogen-bond acceptors (Lipinski definition) is 5. The van der Waals surface area contributed by atoms with Gasteiger partial charge in [-0.25, -0.2) is 0 Å². The van der Waals surface area contributed by atoms with Gasteiger partial charge in [0.25, 0.3) is 0 Å². The molecule has 0 spiro atoms. The summed E-state index contributed by atoms with van der Waals surface area (Å²) in [7, 11) is 0. The molecule has 0 bridgehead atoms. The molecule has 0 aromatic carbocycles. The first kappa shape index (κ1) is 27.2. The van der Waals surface area contributed by atoms with E-state index in [0.29, 0.717) is 6.54 Å². The summed E-state index contributed by atoms with van der Waals surface area (Å²) in [4.78, 5) is 7.15. The number of nitrogens with zero attached hydrogens (tertiary/aromatic N) is 2. The van der Waals surface area contributed by atoms with Crippen molar-refractivity contribution < 1.29 is 14.3 Å². The zero-order valence-corrected chi connectivity index (χ0v) is 21.0. The largest absolute Gasteiger partial charge is 0.469 e. The number of halogens is 1. The molecule has 0 amide bonds. The van der Waals surface area contributed by atoms with Crippen LogP contribution < -0.4 is 10.6 Å². The summed E-state index contributed by atoms with van der Waals surface area (Å²) in [5.74, 6) is 1.72. The highest BCUT2D eigenvalue weighted by Crippen LogP contribution is 2.19. The van der Waals surface area contributed by atoms with Crippen molar-refractivity contribution >= 4 is 29.9 Å². The van der Waals surface area contributed by atoms with Crippen LogP contribution in [0, 0.1) is 0 Å². The highest BCUT2D eigenvalue weighted by molar-refractivity contribution is 14.0. The van der Waals surface area contributed by atoms with E-state index in [-0.39, 0.29) is 24.0 Å². The number of morpholine rings is 1. The van der Waals surface area contributed by atoms with Crippen LogP contribution in [0.3, 0.4) is 0 Å². The Labute approximate surface area is 199 Å². The number of hydrogen-bond donors (Lipinski definition) is 3. The predicted octanol–water partition coefficient (Wildman–Crippen LogP) is 3.03. The maximum absolute atomic E-state index is 10.9. The number of ether oxygens (including phenoxy) is 1. The Bertz CT molecular complexity index is 557. The minimum absolute atomic E-state index is 0. The average molecular weight is 536 g/mol. The molecule has 1 fully saturated rings. The lowest BCUT2D eigenvalue weighted by Gasteiger charge is -2.27. The van der Waals surface area contributed by atoms with E-state index in [0.717, 1.165) is 96.2 Å². The lowest BCUT2D eigenvalue weighted by atomic mass is 9.93. The van der Waals surface area contributed by atoms with E-state index in [4.69, 9.17) is 14.1 Å². The van der Waals surface area contributed by atoms with E-state index in [1.807, 2.05) is 12.1 Å². The maximum atomic E-state index is 10.9. The van der Waals surface area contributed by atoms with Gasteiger partial charge in [-0.1, -0.05) is 26.7 Å². The molecule has 2 rings (SSSR count). The van der Waals surface area contributed by atoms with Crippen LogP contribution in [-0.2, 0) is 11.2 Å². The van der Waals surface area contributed by atoms with Crippen molar-refractivity contribution in [3.8, 4) is 0 Å². The van der Waals surface area contributed by atoms with Gasteiger partial charge < -0.3 is 24.9 Å². The Morgan fingerprint density at radius 1 is 1.17 bits per heavy atom. The van der Waals surface area contributed by atoms with Gasteiger partial charge in [0.2, 0.25) is 0 Å². The zero-order valence-electron chi connectivity index (χ0n) is 18.7. The molecule has 8 heteroatoms. The Balaban J connectivity index is 0.00000450. The molecule has 1 aliphatic heterocycles. The van der Waals surface area contributed by atoms with Crippen LogP contribution in [0.2, 0.25) is 0 Å². The highest BCUT2D eigenvalue weighted by atomic mass is 127. The van der Waals surface area contributed by atoms with Gasteiger partial charge in [0.05, 0.1) is 31.6 Å². The van der Waals surface area contributed by atoms with Crippen LogP contribution in [0.4, 0.5) is 0 Å². The summed E-state index contributed by atoms with van der Waals surface area (Å²) in [6.07, 6.45) is 7.02. The fourth-order valence-corrected chi connectivity index (χ4v) is 3.71. The zero-order chi connectivity index (χ0) is 20.8. The standard InChI is InChI=1S/C22H40N4O3.HI/c1-3-9-22(27,10-4-2)19-25-21(24-12-8-20-7-5-16-29-20)23-11-6-13-26-14-17-28-18-15-26;/h5,7,16,27H,3-4,6,8-15,17-19H2,1-2H3,(H2,23,24,25);1H. The molecule has 2 heterocycles. The summed E-state index contributed by atoms with van der Waals surface area (Å²) < 4.78 is 10.8. The third-order valence-electron chi connectivity index (χ3n) is 5.25. The fourth-order valence-electron chi connectivity index (χ4n) is 3.71. The van der Waals surface area contributed by atoms with Crippen molar-refractivity contribution in [1.29, 1.82) is 0 Å². The second-order valence-corrected chi connectivity index (χ2v) is 7.88. The van der Waals surface area contributed by atoms with Crippen LogP contribution in [0.5, 0.6) is 0 Å². The van der Waals surface area contributed by atoms with Crippen molar-refractivity contribution in [2.45, 2.75) is 58.0 Å². The fraction of sp³-hybridized carbons (Fsp3) is 0.773. The molecular formula is C22H41IN4O3. The van der Waals surface area contributed by atoms with Crippen molar-refractivity contribution in [2.24, 2.45) is 4.99 Å². The van der Waals surface area contributed by atoms with Crippen molar-refractivity contribution in [2.75, 3.05) is 52.5 Å². The lowest BCUT2D eigenvalue weighted by molar-refractivity contribution is 0.0306. The maximum Gasteiger partial charge on any atom is 0.191 e. The number of guanidine groups is 1. The molecule has 3 N–H and O–H groups in total. The number of furan rings is 1. The average Bonchev–Trinajstić information content (AvgIpc) is 3.23. The monoisotopic (exact) mass is 536 g/mol. The summed E-state index contributed by atoms with van der Waals surface area (Å²) in [5, 5.41) is 17.7. The highest BCUT2D eigenvalue weighted by Gasteiger charge is 2.24. The molecule has 174 valence electrons. The van der Waals surface area contributed by atoms with Crippen molar-refractivity contribution in [1.82, 2.24) is 15.5 Å². The molecule has 30 heavy (non-hydrogen) atoms. The van der Waals surface area contributed by atoms with Gasteiger partial charge in [-0.2, -0.15) is 0 Å². The molecule has 1 aliphatic rings. The molecule has 0 radical (unpaired) electrons. The van der Waals surface area contributed by atoms with Gasteiger partial charge in [0.1, 0.15) is 5.76 Å². The summed E-state index contributed by atoms with van der Waals surface area (Å²) >= 11 is 0. The molecule has 0 saturated carbocycles. The first-order chi connectivity index (χ1) is 14.1. The Morgan fingerprint density at radius 3 is 2.50 bits per heavy atom. The normalized spacial score (nSPS) is 15.6. The van der Waals surface area contributed by atoms with Crippen LogP contribution in [0.25, 0.3) is 0 Å². The summed E-state index contributed by atoms with van der Waals surface area (Å²) in [6, 6.07) is 3.89.